The monoisotopic (exact) mass is 632 g/mol. The third-order valence-corrected chi connectivity index (χ3v) is 11.2. The van der Waals surface area contributed by atoms with E-state index < -0.39 is 54.1 Å². The molecule has 12 heteroatoms. The van der Waals surface area contributed by atoms with E-state index in [1.54, 1.807) is 6.08 Å². The Morgan fingerprint density at radius 3 is 2.23 bits per heavy atom. The molecule has 0 N–H and O–H groups in total. The second-order valence-electron chi connectivity index (χ2n) is 13.8. The Labute approximate surface area is 257 Å². The number of hydrogen-bond donors (Lipinski definition) is 0. The molecule has 0 spiro atoms. The van der Waals surface area contributed by atoms with E-state index in [0.29, 0.717) is 24.5 Å². The van der Waals surface area contributed by atoms with Crippen molar-refractivity contribution in [2.45, 2.75) is 110 Å². The van der Waals surface area contributed by atoms with Crippen LogP contribution in [0.4, 0.5) is 22.8 Å². The van der Waals surface area contributed by atoms with Gasteiger partial charge in [-0.2, -0.15) is 13.2 Å². The molecule has 0 aromatic carbocycles. The number of alkyl halides is 3. The molecule has 0 aromatic rings. The highest BCUT2D eigenvalue weighted by Crippen LogP contribution is 2.67. The van der Waals surface area contributed by atoms with Gasteiger partial charge in [0, 0.05) is 30.8 Å². The minimum atomic E-state index is -5.16. The van der Waals surface area contributed by atoms with E-state index in [0.717, 1.165) is 25.7 Å². The summed E-state index contributed by atoms with van der Waals surface area (Å²) in [6.07, 6.45) is -3.95. The van der Waals surface area contributed by atoms with E-state index in [-0.39, 0.29) is 42.1 Å². The van der Waals surface area contributed by atoms with Gasteiger partial charge in [0.25, 0.3) is 0 Å². The second-order valence-corrected chi connectivity index (χ2v) is 13.8. The number of hydrogen-bond acceptors (Lipinski definition) is 9. The largest absolute Gasteiger partial charge is 0.508 e. The molecule has 0 heterocycles. The van der Waals surface area contributed by atoms with Gasteiger partial charge in [0.2, 0.25) is 0 Å². The van der Waals surface area contributed by atoms with Crippen molar-refractivity contribution in [3.8, 4) is 0 Å². The normalized spacial score (nSPS) is 37.1. The Morgan fingerprint density at radius 1 is 0.955 bits per heavy atom. The number of ether oxygens (including phenoxy) is 6. The molecular formula is C32H47F3O9. The lowest BCUT2D eigenvalue weighted by atomic mass is 9.46. The van der Waals surface area contributed by atoms with Crippen molar-refractivity contribution in [1.82, 2.24) is 0 Å². The summed E-state index contributed by atoms with van der Waals surface area (Å²) in [6, 6.07) is 0. The predicted octanol–water partition coefficient (Wildman–Crippen LogP) is 7.01. The van der Waals surface area contributed by atoms with Crippen LogP contribution in [0, 0.1) is 40.4 Å². The lowest BCUT2D eigenvalue weighted by molar-refractivity contribution is -0.213. The molecule has 4 aliphatic carbocycles. The third kappa shape index (κ3) is 6.56. The molecule has 2 unspecified atom stereocenters. The number of halogens is 3. The lowest BCUT2D eigenvalue weighted by Gasteiger charge is -2.61. The fraction of sp³-hybridized carbons (Fsp3) is 0.844. The maximum atomic E-state index is 13.6. The smallest absolute Gasteiger partial charge is 0.451 e. The van der Waals surface area contributed by atoms with E-state index in [2.05, 4.69) is 32.4 Å². The maximum absolute atomic E-state index is 13.6. The van der Waals surface area contributed by atoms with Crippen LogP contribution in [-0.2, 0) is 33.2 Å². The van der Waals surface area contributed by atoms with Gasteiger partial charge in [-0.25, -0.2) is 14.4 Å². The number of carbonyl (C=O) groups is 3. The average Bonchev–Trinajstić information content (AvgIpc) is 3.30. The minimum absolute atomic E-state index is 0.0388. The number of carbonyl (C=O) groups excluding carboxylic acids is 3. The van der Waals surface area contributed by atoms with Crippen LogP contribution in [0.15, 0.2) is 11.6 Å². The molecule has 0 saturated heterocycles. The molecule has 4 rings (SSSR count). The van der Waals surface area contributed by atoms with Crippen molar-refractivity contribution in [1.29, 1.82) is 0 Å². The van der Waals surface area contributed by atoms with Crippen LogP contribution in [0.5, 0.6) is 0 Å². The van der Waals surface area contributed by atoms with Gasteiger partial charge in [-0.1, -0.05) is 33.3 Å². The van der Waals surface area contributed by atoms with E-state index in [9.17, 15) is 27.6 Å². The van der Waals surface area contributed by atoms with Gasteiger partial charge >= 0.3 is 24.5 Å². The topological polar surface area (TPSA) is 107 Å². The third-order valence-electron chi connectivity index (χ3n) is 11.2. The molecule has 9 nitrogen and oxygen atoms in total. The highest BCUT2D eigenvalue weighted by molar-refractivity contribution is 5.76. The van der Waals surface area contributed by atoms with Gasteiger partial charge in [0.15, 0.2) is 0 Å². The Hall–Kier alpha value is -2.50. The summed E-state index contributed by atoms with van der Waals surface area (Å²) in [5.74, 6) is -2.35. The van der Waals surface area contributed by atoms with Crippen molar-refractivity contribution in [3.63, 3.8) is 0 Å². The average molecular weight is 633 g/mol. The van der Waals surface area contributed by atoms with Gasteiger partial charge in [0.05, 0.1) is 20.3 Å². The highest BCUT2D eigenvalue weighted by atomic mass is 19.4. The maximum Gasteiger partial charge on any atom is 0.508 e. The molecular weight excluding hydrogens is 585 g/mol. The van der Waals surface area contributed by atoms with Crippen LogP contribution < -0.4 is 0 Å². The van der Waals surface area contributed by atoms with E-state index in [1.165, 1.54) is 14.2 Å². The molecule has 4 aliphatic rings. The van der Waals surface area contributed by atoms with Gasteiger partial charge in [-0.15, -0.1) is 0 Å². The first kappa shape index (κ1) is 34.4. The standard InChI is InChI=1S/C32H47F3O9/c1-17(2)11-13-41-18(3)21-8-9-22-26-23(10-12-30(21,22)4)31(5)19(15-24(26)43-27(36)32(33,34)35)14-20(42-28(37)39-6)16-25(31)44-29(38)40-7/h15,17-18,20-26H,8-14,16H2,1-7H3/t18?,20-,21-,22+,23+,24?,25+,26+,30-,31+/m1/s1. The van der Waals surface area contributed by atoms with Crippen molar-refractivity contribution < 1.29 is 56.0 Å². The minimum Gasteiger partial charge on any atom is -0.451 e. The van der Waals surface area contributed by atoms with Crippen LogP contribution in [-0.4, -0.2) is 69.7 Å². The number of esters is 1. The molecule has 3 fully saturated rings. The van der Waals surface area contributed by atoms with Gasteiger partial charge in [0.1, 0.15) is 18.3 Å². The Morgan fingerprint density at radius 2 is 1.61 bits per heavy atom. The van der Waals surface area contributed by atoms with E-state index >= 15 is 0 Å². The Bertz CT molecular complexity index is 1110. The van der Waals surface area contributed by atoms with Crippen molar-refractivity contribution in [3.05, 3.63) is 11.6 Å². The number of rotatable bonds is 8. The second kappa shape index (κ2) is 13.1. The summed E-state index contributed by atoms with van der Waals surface area (Å²) >= 11 is 0. The molecule has 44 heavy (non-hydrogen) atoms. The molecule has 0 aromatic heterocycles. The summed E-state index contributed by atoms with van der Waals surface area (Å²) < 4.78 is 72.9. The molecule has 10 atom stereocenters. The first-order valence-electron chi connectivity index (χ1n) is 15.7. The number of methoxy groups -OCH3 is 2. The predicted molar refractivity (Wildman–Crippen MR) is 151 cm³/mol. The van der Waals surface area contributed by atoms with Gasteiger partial charge < -0.3 is 28.4 Å². The molecule has 0 aliphatic heterocycles. The Kier molecular flexibility index (Phi) is 10.2. The van der Waals surface area contributed by atoms with E-state index in [1.807, 2.05) is 6.92 Å². The van der Waals surface area contributed by atoms with Crippen molar-refractivity contribution in [2.24, 2.45) is 40.4 Å². The first-order chi connectivity index (χ1) is 20.6. The highest BCUT2D eigenvalue weighted by Gasteiger charge is 2.65. The van der Waals surface area contributed by atoms with Crippen LogP contribution in [0.25, 0.3) is 0 Å². The number of fused-ring (bicyclic) bond motifs is 5. The molecule has 0 amide bonds. The summed E-state index contributed by atoms with van der Waals surface area (Å²) in [7, 11) is 2.36. The molecule has 0 bridgehead atoms. The van der Waals surface area contributed by atoms with Gasteiger partial charge in [-0.3, -0.25) is 0 Å². The van der Waals surface area contributed by atoms with Crippen LogP contribution in [0.2, 0.25) is 0 Å². The SMILES string of the molecule is COC(=O)O[C@@H]1CC2=CC(OC(=O)C(F)(F)F)[C@H]3[C@@H]4CC[C@H](C(C)OCCC(C)C)[C@@]4(C)CC[C@@H]3[C@@]2(C)[C@@H](OC(=O)OC)C1. The van der Waals surface area contributed by atoms with Crippen LogP contribution >= 0.6 is 0 Å². The zero-order chi connectivity index (χ0) is 32.6. The fourth-order valence-electron chi connectivity index (χ4n) is 8.95. The summed E-state index contributed by atoms with van der Waals surface area (Å²) in [6.45, 7) is 11.1. The van der Waals surface area contributed by atoms with Crippen molar-refractivity contribution in [2.75, 3.05) is 20.8 Å². The van der Waals surface area contributed by atoms with Gasteiger partial charge in [-0.05, 0) is 74.2 Å². The van der Waals surface area contributed by atoms with E-state index in [4.69, 9.17) is 23.7 Å². The lowest BCUT2D eigenvalue weighted by Crippen LogP contribution is -2.60. The molecule has 3 saturated carbocycles. The van der Waals surface area contributed by atoms with Crippen LogP contribution in [0.1, 0.15) is 79.6 Å². The summed E-state index contributed by atoms with van der Waals surface area (Å²) in [5.41, 5.74) is -0.460. The zero-order valence-electron chi connectivity index (χ0n) is 26.7. The van der Waals surface area contributed by atoms with Crippen molar-refractivity contribution >= 4 is 18.3 Å². The molecule has 0 radical (unpaired) electrons. The summed E-state index contributed by atoms with van der Waals surface area (Å²) in [4.78, 5) is 36.7. The van der Waals surface area contributed by atoms with Crippen LogP contribution in [0.3, 0.4) is 0 Å². The molecule has 250 valence electrons. The fourth-order valence-corrected chi connectivity index (χ4v) is 8.95. The summed E-state index contributed by atoms with van der Waals surface area (Å²) in [5, 5.41) is 0. The Balaban J connectivity index is 1.74. The quantitative estimate of drug-likeness (QED) is 0.159. The first-order valence-corrected chi connectivity index (χ1v) is 15.7. The zero-order valence-corrected chi connectivity index (χ0v) is 26.7.